The lowest BCUT2D eigenvalue weighted by Gasteiger charge is -2.37. The van der Waals surface area contributed by atoms with E-state index in [9.17, 15) is 9.59 Å². The van der Waals surface area contributed by atoms with E-state index < -0.39 is 23.4 Å². The fourth-order valence-corrected chi connectivity index (χ4v) is 7.34. The highest BCUT2D eigenvalue weighted by atomic mass is 79.9. The molecule has 3 heterocycles. The number of nitrogens with zero attached hydrogens (tertiary/aromatic N) is 1. The number of amides is 1. The molecule has 7 rings (SSSR count). The molecule has 0 aliphatic carbocycles. The number of methoxy groups -OCH3 is 2. The molecule has 0 bridgehead atoms. The standard InChI is InChI=1S/C35H27BrN2O5/c1-42-27-17-13-22(19-28(27)43-2)32(39)30-31(33(40)21-11-15-23(36)16-12-21)38-26-10-6-3-7-20(26)14-18-29(38)35(30)24-8-4-5-9-25(24)37-34(35)41/h3-19,29-31H,1-2H3,(H,37,41)/t29-,30-,31+,35-/m0/s1. The lowest BCUT2D eigenvalue weighted by Crippen LogP contribution is -2.51. The Balaban J connectivity index is 1.52. The van der Waals surface area contributed by atoms with Crippen molar-refractivity contribution in [3.63, 3.8) is 0 Å². The number of ketones is 2. The minimum Gasteiger partial charge on any atom is -0.493 e. The molecule has 7 nitrogen and oxygen atoms in total. The van der Waals surface area contributed by atoms with E-state index in [0.717, 1.165) is 15.7 Å². The summed E-state index contributed by atoms with van der Waals surface area (Å²) in [6.45, 7) is 0. The van der Waals surface area contributed by atoms with Crippen molar-refractivity contribution in [3.05, 3.63) is 124 Å². The summed E-state index contributed by atoms with van der Waals surface area (Å²) in [7, 11) is 3.03. The summed E-state index contributed by atoms with van der Waals surface area (Å²) >= 11 is 3.46. The first-order valence-corrected chi connectivity index (χ1v) is 14.7. The third kappa shape index (κ3) is 3.89. The van der Waals surface area contributed by atoms with Gasteiger partial charge in [-0.1, -0.05) is 76.6 Å². The van der Waals surface area contributed by atoms with Crippen molar-refractivity contribution in [2.45, 2.75) is 17.5 Å². The van der Waals surface area contributed by atoms with E-state index in [-0.39, 0.29) is 17.5 Å². The van der Waals surface area contributed by atoms with E-state index in [4.69, 9.17) is 9.47 Å². The predicted octanol–water partition coefficient (Wildman–Crippen LogP) is 6.32. The van der Waals surface area contributed by atoms with Crippen LogP contribution in [0.5, 0.6) is 11.5 Å². The summed E-state index contributed by atoms with van der Waals surface area (Å²) in [5.41, 5.74) is 2.43. The van der Waals surface area contributed by atoms with Gasteiger partial charge in [-0.2, -0.15) is 0 Å². The van der Waals surface area contributed by atoms with Gasteiger partial charge in [-0.25, -0.2) is 0 Å². The third-order valence-corrected chi connectivity index (χ3v) is 9.42. The van der Waals surface area contributed by atoms with Crippen LogP contribution in [0.2, 0.25) is 0 Å². The van der Waals surface area contributed by atoms with Crippen LogP contribution >= 0.6 is 15.9 Å². The van der Waals surface area contributed by atoms with Crippen molar-refractivity contribution in [3.8, 4) is 11.5 Å². The predicted molar refractivity (Wildman–Crippen MR) is 168 cm³/mol. The molecule has 3 aliphatic rings. The molecule has 1 amide bonds. The van der Waals surface area contributed by atoms with Crippen LogP contribution in [0.4, 0.5) is 11.4 Å². The van der Waals surface area contributed by atoms with Crippen LogP contribution in [-0.2, 0) is 10.2 Å². The van der Waals surface area contributed by atoms with Gasteiger partial charge >= 0.3 is 0 Å². The average Bonchev–Trinajstić information content (AvgIpc) is 3.52. The first kappa shape index (κ1) is 27.2. The van der Waals surface area contributed by atoms with Crippen molar-refractivity contribution in [2.75, 3.05) is 24.4 Å². The molecule has 214 valence electrons. The van der Waals surface area contributed by atoms with Crippen LogP contribution in [0.15, 0.2) is 102 Å². The normalized spacial score (nSPS) is 22.9. The van der Waals surface area contributed by atoms with E-state index in [1.54, 1.807) is 30.3 Å². The van der Waals surface area contributed by atoms with Crippen LogP contribution in [0.1, 0.15) is 31.8 Å². The molecule has 0 aromatic heterocycles. The maximum absolute atomic E-state index is 15.0. The number of ether oxygens (including phenoxy) is 2. The molecular formula is C35H27BrN2O5. The zero-order valence-corrected chi connectivity index (χ0v) is 25.0. The van der Waals surface area contributed by atoms with E-state index >= 15 is 4.79 Å². The van der Waals surface area contributed by atoms with Crippen LogP contribution in [0.25, 0.3) is 6.08 Å². The molecule has 0 unspecified atom stereocenters. The summed E-state index contributed by atoms with van der Waals surface area (Å²) in [5.74, 6) is -1.10. The molecule has 1 fully saturated rings. The number of fused-ring (bicyclic) bond motifs is 6. The first-order valence-electron chi connectivity index (χ1n) is 13.9. The monoisotopic (exact) mass is 634 g/mol. The van der Waals surface area contributed by atoms with Gasteiger partial charge in [0.25, 0.3) is 0 Å². The number of hydrogen-bond acceptors (Lipinski definition) is 6. The minimum atomic E-state index is -1.39. The molecule has 1 saturated heterocycles. The Kier molecular flexibility index (Phi) is 6.47. The minimum absolute atomic E-state index is 0.240. The molecule has 8 heteroatoms. The summed E-state index contributed by atoms with van der Waals surface area (Å²) in [6, 6.07) is 25.7. The van der Waals surface area contributed by atoms with Crippen molar-refractivity contribution in [2.24, 2.45) is 5.92 Å². The molecular weight excluding hydrogens is 608 g/mol. The molecule has 0 saturated carbocycles. The number of hydrogen-bond donors (Lipinski definition) is 1. The lowest BCUT2D eigenvalue weighted by molar-refractivity contribution is -0.121. The van der Waals surface area contributed by atoms with Crippen molar-refractivity contribution < 1.29 is 23.9 Å². The maximum Gasteiger partial charge on any atom is 0.238 e. The molecule has 1 spiro atoms. The Morgan fingerprint density at radius 1 is 0.837 bits per heavy atom. The number of rotatable bonds is 6. The van der Waals surface area contributed by atoms with Crippen molar-refractivity contribution in [1.29, 1.82) is 0 Å². The van der Waals surface area contributed by atoms with Gasteiger partial charge in [0.1, 0.15) is 11.5 Å². The second-order valence-electron chi connectivity index (χ2n) is 10.9. The molecule has 4 atom stereocenters. The number of para-hydroxylation sites is 2. The Bertz CT molecular complexity index is 1830. The fourth-order valence-electron chi connectivity index (χ4n) is 7.07. The largest absolute Gasteiger partial charge is 0.493 e. The first-order chi connectivity index (χ1) is 20.9. The van der Waals surface area contributed by atoms with E-state index in [0.29, 0.717) is 33.9 Å². The van der Waals surface area contributed by atoms with Gasteiger partial charge in [0, 0.05) is 27.0 Å². The average molecular weight is 636 g/mol. The summed E-state index contributed by atoms with van der Waals surface area (Å²) in [6.07, 6.45) is 3.95. The van der Waals surface area contributed by atoms with Crippen LogP contribution < -0.4 is 19.7 Å². The van der Waals surface area contributed by atoms with Crippen molar-refractivity contribution >= 4 is 50.9 Å². The van der Waals surface area contributed by atoms with Gasteiger partial charge in [-0.3, -0.25) is 14.4 Å². The number of carbonyl (C=O) groups excluding carboxylic acids is 3. The molecule has 4 aromatic carbocycles. The molecule has 43 heavy (non-hydrogen) atoms. The highest BCUT2D eigenvalue weighted by molar-refractivity contribution is 9.10. The number of halogens is 1. The smallest absolute Gasteiger partial charge is 0.238 e. The highest BCUT2D eigenvalue weighted by Crippen LogP contribution is 2.58. The zero-order chi connectivity index (χ0) is 29.9. The van der Waals surface area contributed by atoms with Gasteiger partial charge in [0.15, 0.2) is 23.1 Å². The Morgan fingerprint density at radius 2 is 1.53 bits per heavy atom. The van der Waals surface area contributed by atoms with Gasteiger partial charge in [0.2, 0.25) is 5.91 Å². The van der Waals surface area contributed by atoms with Gasteiger partial charge in [-0.15, -0.1) is 0 Å². The number of nitrogens with one attached hydrogen (secondary N) is 1. The number of benzene rings is 4. The molecule has 4 aromatic rings. The fraction of sp³-hybridized carbons (Fsp3) is 0.171. The summed E-state index contributed by atoms with van der Waals surface area (Å²) in [4.78, 5) is 46.2. The Morgan fingerprint density at radius 3 is 2.30 bits per heavy atom. The van der Waals surface area contributed by atoms with Crippen LogP contribution in [-0.4, -0.2) is 43.8 Å². The molecule has 0 radical (unpaired) electrons. The molecule has 1 N–H and O–H groups in total. The number of anilines is 2. The van der Waals surface area contributed by atoms with E-state index in [1.165, 1.54) is 14.2 Å². The quantitative estimate of drug-likeness (QED) is 0.250. The summed E-state index contributed by atoms with van der Waals surface area (Å²) in [5, 5.41) is 3.06. The second kappa shape index (κ2) is 10.2. The van der Waals surface area contributed by atoms with Crippen LogP contribution in [0.3, 0.4) is 0 Å². The van der Waals surface area contributed by atoms with E-state index in [1.807, 2.05) is 77.7 Å². The van der Waals surface area contributed by atoms with Crippen LogP contribution in [0, 0.1) is 5.92 Å². The van der Waals surface area contributed by atoms with Gasteiger partial charge in [0.05, 0.1) is 26.2 Å². The highest BCUT2D eigenvalue weighted by Gasteiger charge is 2.70. The van der Waals surface area contributed by atoms with Crippen molar-refractivity contribution in [1.82, 2.24) is 0 Å². The second-order valence-corrected chi connectivity index (χ2v) is 11.8. The summed E-state index contributed by atoms with van der Waals surface area (Å²) < 4.78 is 11.8. The van der Waals surface area contributed by atoms with E-state index in [2.05, 4.69) is 21.2 Å². The number of carbonyl (C=O) groups is 3. The SMILES string of the molecule is COc1ccc(C(=O)[C@@H]2[C@H](C(=O)c3ccc(Br)cc3)N3c4ccccc4C=C[C@H]3[C@]23C(=O)Nc2ccccc23)cc1OC. The van der Waals surface area contributed by atoms with Gasteiger partial charge < -0.3 is 19.7 Å². The Labute approximate surface area is 257 Å². The number of Topliss-reactive ketones (excluding diaryl/α,β-unsaturated/α-hetero) is 2. The maximum atomic E-state index is 15.0. The lowest BCUT2D eigenvalue weighted by atomic mass is 9.64. The topological polar surface area (TPSA) is 84.9 Å². The molecule has 3 aliphatic heterocycles. The van der Waals surface area contributed by atoms with Gasteiger partial charge in [-0.05, 0) is 53.6 Å². The third-order valence-electron chi connectivity index (χ3n) is 8.89. The zero-order valence-electron chi connectivity index (χ0n) is 23.4. The Hall–Kier alpha value is -4.69.